The summed E-state index contributed by atoms with van der Waals surface area (Å²) in [7, 11) is 1.58. The molecule has 2 aromatic carbocycles. The van der Waals surface area contributed by atoms with Gasteiger partial charge in [-0.3, -0.25) is 4.79 Å². The second kappa shape index (κ2) is 9.98. The zero-order valence-electron chi connectivity index (χ0n) is 21.4. The lowest BCUT2D eigenvalue weighted by Gasteiger charge is -2.53. The lowest BCUT2D eigenvalue weighted by molar-refractivity contribution is -0.190. The van der Waals surface area contributed by atoms with Gasteiger partial charge in [0.2, 0.25) is 5.91 Å². The van der Waals surface area contributed by atoms with Crippen molar-refractivity contribution in [3.63, 3.8) is 0 Å². The van der Waals surface area contributed by atoms with Crippen LogP contribution in [0.1, 0.15) is 63.4 Å². The number of nitrogens with one attached hydrogen (secondary N) is 1. The maximum absolute atomic E-state index is 13.1. The number of imide groups is 1. The van der Waals surface area contributed by atoms with Gasteiger partial charge >= 0.3 is 12.0 Å². The van der Waals surface area contributed by atoms with Crippen molar-refractivity contribution in [3.8, 4) is 11.5 Å². The molecule has 1 fully saturated rings. The Morgan fingerprint density at radius 1 is 1.06 bits per heavy atom. The summed E-state index contributed by atoms with van der Waals surface area (Å²) in [5, 5.41) is 2.78. The van der Waals surface area contributed by atoms with E-state index in [2.05, 4.69) is 5.32 Å². The number of hydrogen-bond acceptors (Lipinski definition) is 6. The first-order valence-electron chi connectivity index (χ1n) is 11.7. The van der Waals surface area contributed by atoms with E-state index in [1.165, 1.54) is 0 Å². The molecule has 0 aromatic heterocycles. The molecular weight excluding hydrogens is 448 g/mol. The van der Waals surface area contributed by atoms with E-state index in [0.29, 0.717) is 35.6 Å². The monoisotopic (exact) mass is 482 g/mol. The fraction of sp³-hybridized carbons (Fsp3) is 0.444. The van der Waals surface area contributed by atoms with Crippen LogP contribution in [0.2, 0.25) is 0 Å². The highest BCUT2D eigenvalue weighted by molar-refractivity contribution is 6.07. The SMILES string of the molecule is CCC1(CC)C(=O)N(C(=O)Nc2ccc(OC)c(C)c2)C1Oc1ccc(C(=O)OC(C)(C)C)cc1. The van der Waals surface area contributed by atoms with Crippen LogP contribution in [-0.4, -0.2) is 41.7 Å². The Kier molecular flexibility index (Phi) is 7.43. The van der Waals surface area contributed by atoms with E-state index < -0.39 is 29.2 Å². The van der Waals surface area contributed by atoms with Gasteiger partial charge in [-0.05, 0) is 88.6 Å². The van der Waals surface area contributed by atoms with Gasteiger partial charge in [0.25, 0.3) is 0 Å². The molecule has 8 nitrogen and oxygen atoms in total. The van der Waals surface area contributed by atoms with Crippen molar-refractivity contribution in [2.75, 3.05) is 12.4 Å². The number of aryl methyl sites for hydroxylation is 1. The van der Waals surface area contributed by atoms with Crippen LogP contribution in [0.4, 0.5) is 10.5 Å². The van der Waals surface area contributed by atoms with Crippen molar-refractivity contribution in [1.82, 2.24) is 4.90 Å². The van der Waals surface area contributed by atoms with Gasteiger partial charge < -0.3 is 19.5 Å². The smallest absolute Gasteiger partial charge is 0.338 e. The predicted octanol–water partition coefficient (Wildman–Crippen LogP) is 5.54. The van der Waals surface area contributed by atoms with Crippen molar-refractivity contribution in [2.45, 2.75) is 66.2 Å². The molecule has 1 saturated heterocycles. The van der Waals surface area contributed by atoms with Crippen molar-refractivity contribution in [1.29, 1.82) is 0 Å². The van der Waals surface area contributed by atoms with E-state index in [-0.39, 0.29) is 5.91 Å². The van der Waals surface area contributed by atoms with E-state index in [0.717, 1.165) is 10.5 Å². The lowest BCUT2D eigenvalue weighted by Crippen LogP contribution is -2.73. The third-order valence-corrected chi connectivity index (χ3v) is 6.22. The number of carbonyl (C=O) groups is 3. The Hall–Kier alpha value is -3.55. The standard InChI is InChI=1S/C27H34N2O6/c1-8-27(9-2)23(31)29(25(32)28-19-12-15-21(33-7)17(3)16-19)24(27)34-20-13-10-18(11-14-20)22(30)35-26(4,5)6/h10-16,24H,8-9H2,1-7H3,(H,28,32). The van der Waals surface area contributed by atoms with E-state index in [9.17, 15) is 14.4 Å². The molecule has 0 saturated carbocycles. The van der Waals surface area contributed by atoms with Gasteiger partial charge in [-0.1, -0.05) is 13.8 Å². The number of amides is 3. The van der Waals surface area contributed by atoms with Gasteiger partial charge in [0.05, 0.1) is 12.7 Å². The first-order valence-corrected chi connectivity index (χ1v) is 11.7. The van der Waals surface area contributed by atoms with Crippen LogP contribution in [0.5, 0.6) is 11.5 Å². The number of ether oxygens (including phenoxy) is 3. The topological polar surface area (TPSA) is 94.2 Å². The van der Waals surface area contributed by atoms with Gasteiger partial charge in [0.1, 0.15) is 22.5 Å². The van der Waals surface area contributed by atoms with Crippen molar-refractivity contribution in [2.24, 2.45) is 5.41 Å². The number of urea groups is 1. The number of hydrogen-bond donors (Lipinski definition) is 1. The molecule has 3 rings (SSSR count). The van der Waals surface area contributed by atoms with Crippen LogP contribution in [0.25, 0.3) is 0 Å². The van der Waals surface area contributed by atoms with Crippen LogP contribution in [-0.2, 0) is 9.53 Å². The molecule has 3 amide bonds. The van der Waals surface area contributed by atoms with E-state index in [4.69, 9.17) is 14.2 Å². The van der Waals surface area contributed by atoms with Gasteiger partial charge in [0.15, 0.2) is 6.23 Å². The molecule has 8 heteroatoms. The second-order valence-corrected chi connectivity index (χ2v) is 9.65. The molecule has 1 atom stereocenters. The van der Waals surface area contributed by atoms with Crippen LogP contribution in [0, 0.1) is 12.3 Å². The maximum Gasteiger partial charge on any atom is 0.338 e. The molecule has 35 heavy (non-hydrogen) atoms. The Morgan fingerprint density at radius 3 is 2.20 bits per heavy atom. The number of methoxy groups -OCH3 is 1. The van der Waals surface area contributed by atoms with Gasteiger partial charge in [-0.2, -0.15) is 0 Å². The van der Waals surface area contributed by atoms with Gasteiger partial charge in [0, 0.05) is 5.69 Å². The van der Waals surface area contributed by atoms with E-state index in [1.54, 1.807) is 70.3 Å². The Labute approximate surface area is 206 Å². The number of rotatable bonds is 7. The summed E-state index contributed by atoms with van der Waals surface area (Å²) in [6.45, 7) is 11.1. The van der Waals surface area contributed by atoms with Crippen LogP contribution in [0.15, 0.2) is 42.5 Å². The number of carbonyl (C=O) groups excluding carboxylic acids is 3. The molecule has 188 valence electrons. The summed E-state index contributed by atoms with van der Waals surface area (Å²) >= 11 is 0. The summed E-state index contributed by atoms with van der Waals surface area (Å²) in [5.41, 5.74) is 0.383. The predicted molar refractivity (Wildman–Crippen MR) is 133 cm³/mol. The molecule has 1 N–H and O–H groups in total. The molecule has 1 heterocycles. The average molecular weight is 483 g/mol. The number of likely N-dealkylation sites (tertiary alicyclic amines) is 1. The Balaban J connectivity index is 1.79. The van der Waals surface area contributed by atoms with Crippen LogP contribution < -0.4 is 14.8 Å². The summed E-state index contributed by atoms with van der Waals surface area (Å²) in [4.78, 5) is 39.6. The number of nitrogens with zero attached hydrogens (tertiary/aromatic N) is 1. The minimum Gasteiger partial charge on any atom is -0.496 e. The molecule has 0 bridgehead atoms. The molecule has 0 spiro atoms. The molecule has 1 aliphatic rings. The second-order valence-electron chi connectivity index (χ2n) is 9.65. The van der Waals surface area contributed by atoms with Crippen molar-refractivity contribution >= 4 is 23.6 Å². The zero-order chi connectivity index (χ0) is 26.0. The maximum atomic E-state index is 13.1. The molecule has 1 unspecified atom stereocenters. The number of β-lactam (4-membered cyclic amide) rings is 1. The number of esters is 1. The van der Waals surface area contributed by atoms with E-state index >= 15 is 0 Å². The number of anilines is 1. The molecule has 2 aromatic rings. The highest BCUT2D eigenvalue weighted by Gasteiger charge is 2.63. The minimum absolute atomic E-state index is 0.277. The zero-order valence-corrected chi connectivity index (χ0v) is 21.4. The summed E-state index contributed by atoms with van der Waals surface area (Å²) in [6.07, 6.45) is 0.264. The first kappa shape index (κ1) is 26.1. The largest absolute Gasteiger partial charge is 0.496 e. The highest BCUT2D eigenvalue weighted by atomic mass is 16.6. The van der Waals surface area contributed by atoms with Crippen LogP contribution >= 0.6 is 0 Å². The normalized spacial score (nSPS) is 16.8. The third kappa shape index (κ3) is 5.26. The lowest BCUT2D eigenvalue weighted by atomic mass is 9.72. The van der Waals surface area contributed by atoms with Crippen molar-refractivity contribution in [3.05, 3.63) is 53.6 Å². The fourth-order valence-corrected chi connectivity index (χ4v) is 4.17. The average Bonchev–Trinajstić information content (AvgIpc) is 2.79. The fourth-order valence-electron chi connectivity index (χ4n) is 4.17. The van der Waals surface area contributed by atoms with Gasteiger partial charge in [-0.25, -0.2) is 14.5 Å². The highest BCUT2D eigenvalue weighted by Crippen LogP contribution is 2.46. The third-order valence-electron chi connectivity index (χ3n) is 6.22. The first-order chi connectivity index (χ1) is 16.5. The summed E-state index contributed by atoms with van der Waals surface area (Å²) in [6, 6.07) is 11.2. The summed E-state index contributed by atoms with van der Waals surface area (Å²) in [5.74, 6) is 0.435. The van der Waals surface area contributed by atoms with Crippen LogP contribution in [0.3, 0.4) is 0 Å². The molecule has 1 aliphatic heterocycles. The Bertz CT molecular complexity index is 1100. The molecule has 0 radical (unpaired) electrons. The minimum atomic E-state index is -0.809. The van der Waals surface area contributed by atoms with Gasteiger partial charge in [-0.15, -0.1) is 0 Å². The number of benzene rings is 2. The summed E-state index contributed by atoms with van der Waals surface area (Å²) < 4.78 is 16.8. The quantitative estimate of drug-likeness (QED) is 0.411. The Morgan fingerprint density at radius 2 is 1.69 bits per heavy atom. The van der Waals surface area contributed by atoms with Crippen molar-refractivity contribution < 1.29 is 28.6 Å². The molecular formula is C27H34N2O6. The van der Waals surface area contributed by atoms with E-state index in [1.807, 2.05) is 20.8 Å². The molecule has 0 aliphatic carbocycles.